The van der Waals surface area contributed by atoms with Gasteiger partial charge in [0.1, 0.15) is 23.4 Å². The molecule has 1 aliphatic heterocycles. The van der Waals surface area contributed by atoms with Crippen molar-refractivity contribution in [2.45, 2.75) is 45.1 Å². The smallest absolute Gasteiger partial charge is 0.306 e. The molecule has 5 rings (SSSR count). The van der Waals surface area contributed by atoms with Crippen LogP contribution in [0.3, 0.4) is 0 Å². The second-order valence-electron chi connectivity index (χ2n) is 9.26. The third kappa shape index (κ3) is 4.08. The van der Waals surface area contributed by atoms with Crippen LogP contribution in [0.4, 0.5) is 0 Å². The van der Waals surface area contributed by atoms with E-state index in [0.29, 0.717) is 24.3 Å². The van der Waals surface area contributed by atoms with Crippen LogP contribution in [0.5, 0.6) is 17.2 Å². The second-order valence-corrected chi connectivity index (χ2v) is 9.26. The molecular formula is C29H27NO5. The van der Waals surface area contributed by atoms with Gasteiger partial charge in [-0.25, -0.2) is 0 Å². The first-order chi connectivity index (χ1) is 16.9. The van der Waals surface area contributed by atoms with E-state index in [0.717, 1.165) is 57.5 Å². The Morgan fingerprint density at radius 3 is 2.57 bits per heavy atom. The van der Waals surface area contributed by atoms with Gasteiger partial charge in [0.15, 0.2) is 0 Å². The number of methoxy groups -OCH3 is 1. The number of aryl methyl sites for hydroxylation is 2. The highest BCUT2D eigenvalue weighted by atomic mass is 16.5. The van der Waals surface area contributed by atoms with Crippen molar-refractivity contribution in [2.24, 2.45) is 0 Å². The summed E-state index contributed by atoms with van der Waals surface area (Å²) in [4.78, 5) is 11.7. The Hall–Kier alpha value is -3.98. The van der Waals surface area contributed by atoms with Crippen molar-refractivity contribution >= 4 is 5.97 Å². The summed E-state index contributed by atoms with van der Waals surface area (Å²) >= 11 is 0. The second kappa shape index (κ2) is 8.99. The summed E-state index contributed by atoms with van der Waals surface area (Å²) in [5, 5.41) is 19.9. The summed E-state index contributed by atoms with van der Waals surface area (Å²) in [5.74, 6) is 1.42. The number of phenolic OH excluding ortho intramolecular Hbond substituents is 1. The minimum Gasteiger partial charge on any atom is -0.508 e. The zero-order valence-corrected chi connectivity index (χ0v) is 20.1. The van der Waals surface area contributed by atoms with Crippen molar-refractivity contribution in [1.82, 2.24) is 0 Å². The van der Waals surface area contributed by atoms with E-state index in [1.165, 1.54) is 7.11 Å². The van der Waals surface area contributed by atoms with E-state index in [1.807, 2.05) is 44.2 Å². The molecule has 0 saturated carbocycles. The number of hydrogen-bond acceptors (Lipinski definition) is 6. The van der Waals surface area contributed by atoms with Crippen LogP contribution in [0.15, 0.2) is 42.5 Å². The number of hydrogen-bond donors (Lipinski definition) is 1. The van der Waals surface area contributed by atoms with Gasteiger partial charge in [0.05, 0.1) is 31.8 Å². The first kappa shape index (κ1) is 22.8. The predicted molar refractivity (Wildman–Crippen MR) is 131 cm³/mol. The summed E-state index contributed by atoms with van der Waals surface area (Å²) in [7, 11) is 1.39. The molecule has 1 unspecified atom stereocenters. The highest BCUT2D eigenvalue weighted by Gasteiger charge is 2.31. The standard InChI is InChI=1S/C29H27NO5/c1-16-10-20(31)11-17(2)28(16)29-18(14-30)4-6-23-24(29)8-9-25(23)35-21-5-7-22-19(12-27(32)33-3)15-34-26(22)13-21/h4-7,10-11,13,19,25,31H,8-9,12,15H2,1-3H3/t19?,25-/m1/s1. The van der Waals surface area contributed by atoms with Crippen LogP contribution in [0.25, 0.3) is 11.1 Å². The number of benzene rings is 3. The van der Waals surface area contributed by atoms with Gasteiger partial charge in [0.25, 0.3) is 0 Å². The highest BCUT2D eigenvalue weighted by molar-refractivity contribution is 5.81. The van der Waals surface area contributed by atoms with Crippen molar-refractivity contribution in [3.8, 4) is 34.4 Å². The maximum Gasteiger partial charge on any atom is 0.306 e. The molecule has 2 atom stereocenters. The van der Waals surface area contributed by atoms with Gasteiger partial charge in [-0.05, 0) is 78.8 Å². The Balaban J connectivity index is 1.46. The van der Waals surface area contributed by atoms with Crippen LogP contribution in [-0.4, -0.2) is 24.8 Å². The molecule has 1 aliphatic carbocycles. The fourth-order valence-corrected chi connectivity index (χ4v) is 5.45. The number of ether oxygens (including phenoxy) is 3. The van der Waals surface area contributed by atoms with Gasteiger partial charge in [-0.3, -0.25) is 4.79 Å². The van der Waals surface area contributed by atoms with Crippen molar-refractivity contribution in [1.29, 1.82) is 5.26 Å². The summed E-state index contributed by atoms with van der Waals surface area (Å²) in [5.41, 5.74) is 7.64. The molecule has 0 saturated heterocycles. The fraction of sp³-hybridized carbons (Fsp3) is 0.310. The van der Waals surface area contributed by atoms with Crippen LogP contribution in [-0.2, 0) is 16.0 Å². The third-order valence-electron chi connectivity index (χ3n) is 7.02. The number of aromatic hydroxyl groups is 1. The molecule has 2 aliphatic rings. The molecule has 1 N–H and O–H groups in total. The molecule has 6 heteroatoms. The molecule has 0 bridgehead atoms. The van der Waals surface area contributed by atoms with E-state index in [4.69, 9.17) is 14.2 Å². The molecule has 3 aromatic carbocycles. The molecule has 0 radical (unpaired) electrons. The molecule has 178 valence electrons. The normalized spacial score (nSPS) is 17.8. The van der Waals surface area contributed by atoms with E-state index in [1.54, 1.807) is 12.1 Å². The van der Waals surface area contributed by atoms with Gasteiger partial charge in [-0.1, -0.05) is 12.1 Å². The maximum absolute atomic E-state index is 11.7. The Bertz CT molecular complexity index is 1350. The zero-order chi connectivity index (χ0) is 24.7. The Labute approximate surface area is 204 Å². The molecule has 3 aromatic rings. The number of nitrogens with zero attached hydrogens (tertiary/aromatic N) is 1. The number of phenols is 1. The number of fused-ring (bicyclic) bond motifs is 2. The lowest BCUT2D eigenvalue weighted by Crippen LogP contribution is -2.09. The Morgan fingerprint density at radius 2 is 1.86 bits per heavy atom. The van der Waals surface area contributed by atoms with Gasteiger partial charge in [0, 0.05) is 23.1 Å². The number of esters is 1. The molecule has 0 aromatic heterocycles. The average molecular weight is 470 g/mol. The van der Waals surface area contributed by atoms with E-state index in [9.17, 15) is 15.2 Å². The molecule has 0 fully saturated rings. The summed E-state index contributed by atoms with van der Waals surface area (Å²) in [6.45, 7) is 4.37. The van der Waals surface area contributed by atoms with Crippen molar-refractivity contribution in [3.63, 3.8) is 0 Å². The molecule has 6 nitrogen and oxygen atoms in total. The van der Waals surface area contributed by atoms with Crippen molar-refractivity contribution in [2.75, 3.05) is 13.7 Å². The minimum absolute atomic E-state index is 0.0116. The SMILES string of the molecule is COC(=O)CC1COc2cc(O[C@@H]3CCc4c3ccc(C#N)c4-c3c(C)cc(O)cc3C)ccc21. The van der Waals surface area contributed by atoms with Crippen LogP contribution in [0, 0.1) is 25.2 Å². The fourth-order valence-electron chi connectivity index (χ4n) is 5.45. The maximum atomic E-state index is 11.7. The molecule has 0 amide bonds. The number of rotatable bonds is 5. The Kier molecular flexibility index (Phi) is 5.86. The summed E-state index contributed by atoms with van der Waals surface area (Å²) in [6, 6.07) is 15.5. The molecule has 35 heavy (non-hydrogen) atoms. The topological polar surface area (TPSA) is 88.8 Å². The third-order valence-corrected chi connectivity index (χ3v) is 7.02. The molecule has 1 heterocycles. The van der Waals surface area contributed by atoms with Crippen LogP contribution >= 0.6 is 0 Å². The number of carbonyl (C=O) groups is 1. The van der Waals surface area contributed by atoms with Crippen LogP contribution in [0.2, 0.25) is 0 Å². The van der Waals surface area contributed by atoms with Gasteiger partial charge in [-0.2, -0.15) is 5.26 Å². The van der Waals surface area contributed by atoms with Crippen molar-refractivity contribution < 1.29 is 24.1 Å². The largest absolute Gasteiger partial charge is 0.508 e. The van der Waals surface area contributed by atoms with Gasteiger partial charge < -0.3 is 19.3 Å². The lowest BCUT2D eigenvalue weighted by atomic mass is 9.87. The van der Waals surface area contributed by atoms with Crippen LogP contribution < -0.4 is 9.47 Å². The van der Waals surface area contributed by atoms with E-state index in [2.05, 4.69) is 6.07 Å². The van der Waals surface area contributed by atoms with Crippen molar-refractivity contribution in [3.05, 3.63) is 75.8 Å². The lowest BCUT2D eigenvalue weighted by Gasteiger charge is -2.19. The van der Waals surface area contributed by atoms with Gasteiger partial charge in [0.2, 0.25) is 0 Å². The quantitative estimate of drug-likeness (QED) is 0.486. The van der Waals surface area contributed by atoms with E-state index < -0.39 is 0 Å². The highest BCUT2D eigenvalue weighted by Crippen LogP contribution is 2.45. The first-order valence-electron chi connectivity index (χ1n) is 11.8. The lowest BCUT2D eigenvalue weighted by molar-refractivity contribution is -0.141. The average Bonchev–Trinajstić information content (AvgIpc) is 3.42. The van der Waals surface area contributed by atoms with E-state index in [-0.39, 0.29) is 23.7 Å². The zero-order valence-electron chi connectivity index (χ0n) is 20.1. The first-order valence-corrected chi connectivity index (χ1v) is 11.8. The van der Waals surface area contributed by atoms with Crippen LogP contribution in [0.1, 0.15) is 58.2 Å². The molecular weight excluding hydrogens is 442 g/mol. The Morgan fingerprint density at radius 1 is 1.11 bits per heavy atom. The minimum atomic E-state index is -0.249. The van der Waals surface area contributed by atoms with E-state index >= 15 is 0 Å². The monoisotopic (exact) mass is 469 g/mol. The summed E-state index contributed by atoms with van der Waals surface area (Å²) < 4.78 is 17.0. The van der Waals surface area contributed by atoms with Gasteiger partial charge >= 0.3 is 5.97 Å². The molecule has 0 spiro atoms. The summed E-state index contributed by atoms with van der Waals surface area (Å²) in [6.07, 6.45) is 1.75. The number of nitriles is 1. The van der Waals surface area contributed by atoms with Gasteiger partial charge in [-0.15, -0.1) is 0 Å². The predicted octanol–water partition coefficient (Wildman–Crippen LogP) is 5.65. The number of carbonyl (C=O) groups excluding carboxylic acids is 1.